The van der Waals surface area contributed by atoms with E-state index in [4.69, 9.17) is 22.2 Å². The maximum atomic E-state index is 11.2. The second-order valence-corrected chi connectivity index (χ2v) is 4.20. The molecule has 1 unspecified atom stereocenters. The molecule has 1 heterocycles. The molecule has 0 bridgehead atoms. The first-order valence-corrected chi connectivity index (χ1v) is 5.47. The first-order valence-electron chi connectivity index (χ1n) is 5.09. The third kappa shape index (κ3) is 1.99. The summed E-state index contributed by atoms with van der Waals surface area (Å²) in [7, 11) is 0. The molecule has 2 amide bonds. The van der Waals surface area contributed by atoms with Crippen LogP contribution >= 0.6 is 11.6 Å². The lowest BCUT2D eigenvalue weighted by Gasteiger charge is -2.24. The molecular formula is C11H13ClN2O2. The largest absolute Gasteiger partial charge is 0.350 e. The minimum absolute atomic E-state index is 0.188. The van der Waals surface area contributed by atoms with Crippen molar-refractivity contribution in [1.82, 2.24) is 5.06 Å². The number of halogens is 1. The van der Waals surface area contributed by atoms with Crippen LogP contribution < -0.4 is 5.73 Å². The maximum absolute atomic E-state index is 11.2. The van der Waals surface area contributed by atoms with Crippen molar-refractivity contribution in [3.8, 4) is 0 Å². The molecular weight excluding hydrogens is 228 g/mol. The Morgan fingerprint density at radius 3 is 3.06 bits per heavy atom. The van der Waals surface area contributed by atoms with Crippen LogP contribution in [0.5, 0.6) is 0 Å². The number of hydrogen-bond acceptors (Lipinski definition) is 2. The van der Waals surface area contributed by atoms with Gasteiger partial charge in [-0.25, -0.2) is 4.79 Å². The average molecular weight is 241 g/mol. The molecule has 0 spiro atoms. The summed E-state index contributed by atoms with van der Waals surface area (Å²) in [4.78, 5) is 16.5. The second kappa shape index (κ2) is 4.31. The Balaban J connectivity index is 2.41. The highest BCUT2D eigenvalue weighted by atomic mass is 35.5. The quantitative estimate of drug-likeness (QED) is 0.756. The summed E-state index contributed by atoms with van der Waals surface area (Å²) < 4.78 is 0. The third-order valence-corrected chi connectivity index (χ3v) is 2.96. The van der Waals surface area contributed by atoms with Gasteiger partial charge in [-0.05, 0) is 36.6 Å². The molecule has 2 rings (SSSR count). The van der Waals surface area contributed by atoms with E-state index in [9.17, 15) is 4.79 Å². The van der Waals surface area contributed by atoms with E-state index in [1.54, 1.807) is 6.07 Å². The predicted octanol–water partition coefficient (Wildman–Crippen LogP) is 2.27. The van der Waals surface area contributed by atoms with Crippen LogP contribution in [0.25, 0.3) is 0 Å². The van der Waals surface area contributed by atoms with Gasteiger partial charge in [-0.15, -0.1) is 0 Å². The minimum atomic E-state index is -0.574. The summed E-state index contributed by atoms with van der Waals surface area (Å²) >= 11 is 5.93. The fourth-order valence-corrected chi connectivity index (χ4v) is 2.14. The molecule has 4 nitrogen and oxygen atoms in total. The Morgan fingerprint density at radius 2 is 2.38 bits per heavy atom. The number of amides is 2. The van der Waals surface area contributed by atoms with Crippen LogP contribution in [0.15, 0.2) is 18.2 Å². The summed E-state index contributed by atoms with van der Waals surface area (Å²) in [5, 5.41) is 1.90. The molecule has 5 heteroatoms. The van der Waals surface area contributed by atoms with Gasteiger partial charge in [-0.3, -0.25) is 4.84 Å². The average Bonchev–Trinajstić information content (AvgIpc) is 2.37. The number of primary amides is 1. The molecule has 0 aliphatic carbocycles. The molecule has 0 fully saturated rings. The van der Waals surface area contributed by atoms with Gasteiger partial charge < -0.3 is 5.73 Å². The number of nitrogens with zero attached hydrogens (tertiary/aromatic N) is 1. The van der Waals surface area contributed by atoms with E-state index >= 15 is 0 Å². The highest BCUT2D eigenvalue weighted by molar-refractivity contribution is 6.30. The molecule has 86 valence electrons. The highest BCUT2D eigenvalue weighted by Crippen LogP contribution is 2.29. The van der Waals surface area contributed by atoms with Gasteiger partial charge >= 0.3 is 6.03 Å². The molecule has 1 aliphatic heterocycles. The van der Waals surface area contributed by atoms with Gasteiger partial charge in [0.1, 0.15) is 0 Å². The van der Waals surface area contributed by atoms with Crippen molar-refractivity contribution in [2.24, 2.45) is 5.73 Å². The van der Waals surface area contributed by atoms with Crippen LogP contribution in [0.4, 0.5) is 4.79 Å². The van der Waals surface area contributed by atoms with Gasteiger partial charge in [-0.1, -0.05) is 17.7 Å². The number of urea groups is 1. The zero-order valence-electron chi connectivity index (χ0n) is 8.94. The van der Waals surface area contributed by atoms with Gasteiger partial charge in [0.05, 0.1) is 12.6 Å². The number of rotatable bonds is 0. The van der Waals surface area contributed by atoms with Gasteiger partial charge in [0.15, 0.2) is 0 Å². The maximum Gasteiger partial charge on any atom is 0.339 e. The lowest BCUT2D eigenvalue weighted by Crippen LogP contribution is -2.37. The number of carbonyl (C=O) groups excluding carboxylic acids is 1. The normalized spacial score (nSPS) is 20.1. The first kappa shape index (κ1) is 11.2. The van der Waals surface area contributed by atoms with E-state index in [1.807, 2.05) is 19.1 Å². The van der Waals surface area contributed by atoms with Crippen molar-refractivity contribution in [1.29, 1.82) is 0 Å². The SMILES string of the molecule is CC1c2ccc(Cl)cc2CCON1C(N)=O. The van der Waals surface area contributed by atoms with Crippen LogP contribution in [0.3, 0.4) is 0 Å². The third-order valence-electron chi connectivity index (χ3n) is 2.73. The van der Waals surface area contributed by atoms with Gasteiger partial charge in [0.2, 0.25) is 0 Å². The van der Waals surface area contributed by atoms with Crippen molar-refractivity contribution in [3.63, 3.8) is 0 Å². The number of hydroxylamine groups is 2. The van der Waals surface area contributed by atoms with Crippen LogP contribution in [-0.2, 0) is 11.3 Å². The lowest BCUT2D eigenvalue weighted by molar-refractivity contribution is -0.134. The Bertz CT molecular complexity index is 422. The molecule has 0 saturated carbocycles. The molecule has 1 aliphatic rings. The van der Waals surface area contributed by atoms with E-state index in [-0.39, 0.29) is 6.04 Å². The van der Waals surface area contributed by atoms with E-state index in [0.717, 1.165) is 17.5 Å². The minimum Gasteiger partial charge on any atom is -0.350 e. The Kier molecular flexibility index (Phi) is 3.03. The second-order valence-electron chi connectivity index (χ2n) is 3.77. The predicted molar refractivity (Wildman–Crippen MR) is 60.9 cm³/mol. The van der Waals surface area contributed by atoms with Crippen molar-refractivity contribution >= 4 is 17.6 Å². The summed E-state index contributed by atoms with van der Waals surface area (Å²) in [5.74, 6) is 0. The standard InChI is InChI=1S/C11H13ClN2O2/c1-7-10-3-2-9(12)6-8(10)4-5-16-14(7)11(13)15/h2-3,6-7H,4-5H2,1H3,(H2,13,15). The topological polar surface area (TPSA) is 55.6 Å². The molecule has 1 aromatic rings. The summed E-state index contributed by atoms with van der Waals surface area (Å²) in [5.41, 5.74) is 7.38. The fourth-order valence-electron chi connectivity index (χ4n) is 1.94. The van der Waals surface area contributed by atoms with Crippen molar-refractivity contribution in [2.75, 3.05) is 6.61 Å². The zero-order valence-corrected chi connectivity index (χ0v) is 9.70. The molecule has 2 N–H and O–H groups in total. The Labute approximate surface area is 98.9 Å². The van der Waals surface area contributed by atoms with E-state index in [2.05, 4.69) is 0 Å². The number of hydrogen-bond donors (Lipinski definition) is 1. The van der Waals surface area contributed by atoms with Crippen LogP contribution in [0.2, 0.25) is 5.02 Å². The number of carbonyl (C=O) groups is 1. The summed E-state index contributed by atoms with van der Waals surface area (Å²) in [6.45, 7) is 2.31. The lowest BCUT2D eigenvalue weighted by atomic mass is 10.00. The highest BCUT2D eigenvalue weighted by Gasteiger charge is 2.25. The van der Waals surface area contributed by atoms with Crippen molar-refractivity contribution in [3.05, 3.63) is 34.3 Å². The Morgan fingerprint density at radius 1 is 1.62 bits per heavy atom. The van der Waals surface area contributed by atoms with Gasteiger partial charge in [0, 0.05) is 5.02 Å². The van der Waals surface area contributed by atoms with Gasteiger partial charge in [-0.2, -0.15) is 5.06 Å². The Hall–Kier alpha value is -1.26. The molecule has 0 aromatic heterocycles. The van der Waals surface area contributed by atoms with E-state index < -0.39 is 6.03 Å². The molecule has 0 saturated heterocycles. The van der Waals surface area contributed by atoms with Crippen molar-refractivity contribution < 1.29 is 9.63 Å². The fraction of sp³-hybridized carbons (Fsp3) is 0.364. The van der Waals surface area contributed by atoms with Crippen LogP contribution in [0, 0.1) is 0 Å². The summed E-state index contributed by atoms with van der Waals surface area (Å²) in [6.07, 6.45) is 0.726. The van der Waals surface area contributed by atoms with E-state index in [0.29, 0.717) is 11.6 Å². The number of benzene rings is 1. The summed E-state index contributed by atoms with van der Waals surface area (Å²) in [6, 6.07) is 4.86. The molecule has 16 heavy (non-hydrogen) atoms. The van der Waals surface area contributed by atoms with Gasteiger partial charge in [0.25, 0.3) is 0 Å². The zero-order chi connectivity index (χ0) is 11.7. The molecule has 1 atom stereocenters. The number of nitrogens with two attached hydrogens (primary N) is 1. The van der Waals surface area contributed by atoms with Crippen LogP contribution in [0.1, 0.15) is 24.1 Å². The smallest absolute Gasteiger partial charge is 0.339 e. The number of fused-ring (bicyclic) bond motifs is 1. The van der Waals surface area contributed by atoms with Crippen LogP contribution in [-0.4, -0.2) is 17.7 Å². The first-order chi connectivity index (χ1) is 7.59. The monoisotopic (exact) mass is 240 g/mol. The van der Waals surface area contributed by atoms with E-state index in [1.165, 1.54) is 5.06 Å². The van der Waals surface area contributed by atoms with Crippen molar-refractivity contribution in [2.45, 2.75) is 19.4 Å². The molecule has 0 radical (unpaired) electrons. The molecule has 1 aromatic carbocycles.